The lowest BCUT2D eigenvalue weighted by atomic mass is 9.78. The second kappa shape index (κ2) is 20.2. The number of carbonyl (C=O) groups excluding carboxylic acids is 1. The minimum absolute atomic E-state index is 0.186. The highest BCUT2D eigenvalue weighted by molar-refractivity contribution is 6.80. The third-order valence-electron chi connectivity index (χ3n) is 8.51. The maximum Gasteiger partial charge on any atom is 0.491 e. The molecule has 6 unspecified atom stereocenters. The van der Waals surface area contributed by atoms with Crippen LogP contribution in [-0.4, -0.2) is 67.0 Å². The number of amides is 1. The molecule has 278 valence electrons. The van der Waals surface area contributed by atoms with Gasteiger partial charge in [0.25, 0.3) is 0 Å². The summed E-state index contributed by atoms with van der Waals surface area (Å²) in [5, 5.41) is 2.76. The minimum Gasteiger partial charge on any atom is -0.410 e. The molecule has 2 heterocycles. The van der Waals surface area contributed by atoms with Crippen molar-refractivity contribution in [2.45, 2.75) is 143 Å². The molecule has 0 saturated carbocycles. The van der Waals surface area contributed by atoms with Crippen LogP contribution in [0.4, 0.5) is 4.79 Å². The number of nitrogens with one attached hydrogen (secondary N) is 1. The van der Waals surface area contributed by atoms with E-state index in [4.69, 9.17) is 26.2 Å². The van der Waals surface area contributed by atoms with Crippen molar-refractivity contribution in [3.63, 3.8) is 0 Å². The molecule has 4 rings (SSSR count). The number of hydrogen-bond acceptors (Lipinski definition) is 9. The molecule has 0 radical (unpaired) electrons. The molecule has 6 atom stereocenters. The fraction of sp³-hybridized carbons (Fsp3) is 0.639. The quantitative estimate of drug-likeness (QED) is 0.138. The molecular weight excluding hydrogens is 675 g/mol. The molecule has 2 aromatic carbocycles. The van der Waals surface area contributed by atoms with E-state index in [-0.39, 0.29) is 18.0 Å². The van der Waals surface area contributed by atoms with Gasteiger partial charge in [-0.05, 0) is 56.4 Å². The fourth-order valence-corrected chi connectivity index (χ4v) is 17.5. The Labute approximate surface area is 298 Å². The van der Waals surface area contributed by atoms with Crippen molar-refractivity contribution in [1.82, 2.24) is 5.32 Å². The van der Waals surface area contributed by atoms with E-state index in [1.165, 1.54) is 5.56 Å². The van der Waals surface area contributed by atoms with Crippen LogP contribution >= 0.6 is 0 Å². The lowest BCUT2D eigenvalue weighted by Gasteiger charge is -2.36. The topological polar surface area (TPSA) is 125 Å². The van der Waals surface area contributed by atoms with Gasteiger partial charge in [-0.1, -0.05) is 111 Å². The van der Waals surface area contributed by atoms with Crippen LogP contribution in [0.25, 0.3) is 0 Å². The maximum absolute atomic E-state index is 12.6. The van der Waals surface area contributed by atoms with Gasteiger partial charge in [0.2, 0.25) is 0 Å². The minimum atomic E-state index is -3.83. The summed E-state index contributed by atoms with van der Waals surface area (Å²) in [5.74, 6) is 0.440. The van der Waals surface area contributed by atoms with Crippen LogP contribution in [0.1, 0.15) is 112 Å². The second-order valence-electron chi connectivity index (χ2n) is 12.7. The number of benzene rings is 2. The Morgan fingerprint density at radius 2 is 1.24 bits per heavy atom. The van der Waals surface area contributed by atoms with Crippen LogP contribution in [0.3, 0.4) is 0 Å². The molecular formula is C36H63NO9Si3. The molecule has 2 bridgehead atoms. The molecule has 1 amide bonds. The molecule has 2 fully saturated rings. The Bertz CT molecular complexity index is 1240. The van der Waals surface area contributed by atoms with Gasteiger partial charge in [0.05, 0.1) is 18.3 Å². The standard InChI is InChI=1S/C32H51NO9Si3.2C2H6/c1-7-9-22-43(35)38-25(3)30-26(4)39-44(36,42-45(40-30,41-43)24-10-8-2)23-14-21-33-31(34)37-29-19-17-28(18-20-29)32(5,6)27-15-12-11-13-16-27;2*1-2/h11-13,15-20,25-26,30,35-36H,7-10,14,21-24H2,1-6H3,(H,33,34);2*1-2H3. The zero-order valence-electron chi connectivity index (χ0n) is 31.5. The monoisotopic (exact) mass is 737 g/mol. The van der Waals surface area contributed by atoms with E-state index in [1.54, 1.807) is 12.1 Å². The average Bonchev–Trinajstić information content (AvgIpc) is 3.27. The second-order valence-corrected chi connectivity index (χ2v) is 20.7. The Morgan fingerprint density at radius 1 is 0.755 bits per heavy atom. The van der Waals surface area contributed by atoms with Crippen molar-refractivity contribution in [3.05, 3.63) is 65.7 Å². The van der Waals surface area contributed by atoms with Crippen molar-refractivity contribution in [2.24, 2.45) is 0 Å². The number of ether oxygens (including phenoxy) is 1. The van der Waals surface area contributed by atoms with Crippen LogP contribution in [0.15, 0.2) is 54.6 Å². The first-order valence-corrected chi connectivity index (χ1v) is 24.2. The van der Waals surface area contributed by atoms with Gasteiger partial charge in [0.1, 0.15) is 5.75 Å². The normalized spacial score (nSPS) is 28.0. The molecule has 2 aliphatic heterocycles. The first-order valence-electron chi connectivity index (χ1n) is 18.3. The lowest BCUT2D eigenvalue weighted by Crippen LogP contribution is -2.61. The maximum atomic E-state index is 12.6. The number of fused-ring (bicyclic) bond motifs is 2. The summed E-state index contributed by atoms with van der Waals surface area (Å²) in [5.41, 5.74) is 2.11. The first-order chi connectivity index (χ1) is 23.3. The van der Waals surface area contributed by atoms with Crippen LogP contribution in [-0.2, 0) is 26.9 Å². The van der Waals surface area contributed by atoms with Gasteiger partial charge in [0.15, 0.2) is 0 Å². The molecule has 13 heteroatoms. The van der Waals surface area contributed by atoms with Crippen LogP contribution in [0.5, 0.6) is 5.75 Å². The van der Waals surface area contributed by atoms with E-state index < -0.39 is 50.8 Å². The highest BCUT2D eigenvalue weighted by Crippen LogP contribution is 2.39. The molecule has 3 N–H and O–H groups in total. The van der Waals surface area contributed by atoms with Gasteiger partial charge in [-0.2, -0.15) is 0 Å². The summed E-state index contributed by atoms with van der Waals surface area (Å²) < 4.78 is 37.2. The number of unbranched alkanes of at least 4 members (excludes halogenated alkanes) is 2. The van der Waals surface area contributed by atoms with E-state index in [9.17, 15) is 14.4 Å². The fourth-order valence-electron chi connectivity index (χ4n) is 5.88. The molecule has 0 aliphatic carbocycles. The van der Waals surface area contributed by atoms with Crippen molar-refractivity contribution in [2.75, 3.05) is 6.54 Å². The summed E-state index contributed by atoms with van der Waals surface area (Å²) >= 11 is 0. The molecule has 0 spiro atoms. The molecule has 10 nitrogen and oxygen atoms in total. The third-order valence-corrected chi connectivity index (χ3v) is 18.6. The van der Waals surface area contributed by atoms with E-state index in [0.717, 1.165) is 31.2 Å². The van der Waals surface area contributed by atoms with Gasteiger partial charge in [-0.15, -0.1) is 0 Å². The lowest BCUT2D eigenvalue weighted by molar-refractivity contribution is -0.0214. The van der Waals surface area contributed by atoms with E-state index in [0.29, 0.717) is 24.3 Å². The molecule has 2 saturated heterocycles. The highest BCUT2D eigenvalue weighted by Gasteiger charge is 2.63. The van der Waals surface area contributed by atoms with Gasteiger partial charge in [0, 0.05) is 30.1 Å². The van der Waals surface area contributed by atoms with Crippen LogP contribution in [0.2, 0.25) is 18.1 Å². The van der Waals surface area contributed by atoms with E-state index in [2.05, 4.69) is 38.2 Å². The van der Waals surface area contributed by atoms with Crippen LogP contribution in [0, 0.1) is 0 Å². The zero-order valence-corrected chi connectivity index (χ0v) is 34.5. The molecule has 49 heavy (non-hydrogen) atoms. The largest absolute Gasteiger partial charge is 0.491 e. The summed E-state index contributed by atoms with van der Waals surface area (Å²) in [6, 6.07) is 18.8. The number of hydrogen-bond donors (Lipinski definition) is 3. The van der Waals surface area contributed by atoms with Crippen molar-refractivity contribution < 1.29 is 40.6 Å². The van der Waals surface area contributed by atoms with Gasteiger partial charge >= 0.3 is 32.5 Å². The Kier molecular flexibility index (Phi) is 17.8. The average molecular weight is 738 g/mol. The van der Waals surface area contributed by atoms with Gasteiger partial charge in [-0.3, -0.25) is 0 Å². The van der Waals surface area contributed by atoms with E-state index >= 15 is 0 Å². The van der Waals surface area contributed by atoms with Crippen LogP contribution < -0.4 is 10.1 Å². The molecule has 0 aromatic heterocycles. The Morgan fingerprint density at radius 3 is 1.78 bits per heavy atom. The summed E-state index contributed by atoms with van der Waals surface area (Å²) in [6.07, 6.45) is 1.50. The summed E-state index contributed by atoms with van der Waals surface area (Å²) in [6.45, 7) is 20.4. The molecule has 2 aliphatic rings. The summed E-state index contributed by atoms with van der Waals surface area (Å²) in [4.78, 5) is 35.9. The van der Waals surface area contributed by atoms with Gasteiger partial charge in [-0.25, -0.2) is 4.79 Å². The predicted octanol–water partition coefficient (Wildman–Crippen LogP) is 8.20. The van der Waals surface area contributed by atoms with Gasteiger partial charge < -0.3 is 41.2 Å². The highest BCUT2D eigenvalue weighted by atomic mass is 28.5. The smallest absolute Gasteiger partial charge is 0.410 e. The van der Waals surface area contributed by atoms with Crippen molar-refractivity contribution >= 4 is 32.5 Å². The Balaban J connectivity index is 0.00000201. The first kappa shape index (κ1) is 43.2. The SMILES string of the molecule is CC.CC.CCCC[Si]1(O)OC(C)C2O[Si](CCCC)(O1)O[Si](O)(CCCNC(=O)Oc1ccc(C(C)(C)c3ccccc3)cc1)OC2C. The molecule has 2 aromatic rings. The predicted molar refractivity (Wildman–Crippen MR) is 200 cm³/mol. The summed E-state index contributed by atoms with van der Waals surface area (Å²) in [7, 11) is -11.0. The van der Waals surface area contributed by atoms with Crippen molar-refractivity contribution in [3.8, 4) is 5.75 Å². The number of rotatable bonds is 13. The zero-order chi connectivity index (χ0) is 36.7. The number of carbonyl (C=O) groups is 1. The Hall–Kier alpha value is -1.92. The van der Waals surface area contributed by atoms with Crippen molar-refractivity contribution in [1.29, 1.82) is 0 Å². The third kappa shape index (κ3) is 12.4. The van der Waals surface area contributed by atoms with E-state index in [1.807, 2.05) is 78.8 Å².